The Bertz CT molecular complexity index is 762. The van der Waals surface area contributed by atoms with E-state index in [2.05, 4.69) is 32.9 Å². The molecule has 0 saturated heterocycles. The van der Waals surface area contributed by atoms with Crippen LogP contribution in [-0.4, -0.2) is 4.21 Å². The predicted molar refractivity (Wildman–Crippen MR) is 94.5 cm³/mol. The molecule has 3 heteroatoms. The van der Waals surface area contributed by atoms with E-state index in [9.17, 15) is 4.21 Å². The SMILES string of the molecule is Cc1ccc(S(=N)(=O)/C=C/c2ccc(C(C)(C)C)cc2)cc1. The molecule has 2 nitrogen and oxygen atoms in total. The molecule has 0 spiro atoms. The summed E-state index contributed by atoms with van der Waals surface area (Å²) in [6.45, 7) is 8.49. The van der Waals surface area contributed by atoms with Crippen LogP contribution in [0, 0.1) is 11.7 Å². The van der Waals surface area contributed by atoms with Crippen molar-refractivity contribution in [1.82, 2.24) is 0 Å². The van der Waals surface area contributed by atoms with E-state index in [-0.39, 0.29) is 5.41 Å². The Balaban J connectivity index is 2.22. The van der Waals surface area contributed by atoms with Crippen LogP contribution in [0.15, 0.2) is 58.8 Å². The molecule has 1 N–H and O–H groups in total. The molecule has 0 heterocycles. The fourth-order valence-corrected chi connectivity index (χ4v) is 3.13. The molecule has 0 amide bonds. The minimum atomic E-state index is -2.89. The summed E-state index contributed by atoms with van der Waals surface area (Å²) in [6.07, 6.45) is 1.77. The van der Waals surface area contributed by atoms with Gasteiger partial charge in [-0.2, -0.15) is 0 Å². The van der Waals surface area contributed by atoms with Crippen molar-refractivity contribution >= 4 is 15.8 Å². The number of aryl methyl sites for hydroxylation is 1. The number of hydrogen-bond acceptors (Lipinski definition) is 2. The summed E-state index contributed by atoms with van der Waals surface area (Å²) >= 11 is 0. The Morgan fingerprint density at radius 1 is 0.955 bits per heavy atom. The van der Waals surface area contributed by atoms with Crippen molar-refractivity contribution in [2.45, 2.75) is 38.0 Å². The maximum Gasteiger partial charge on any atom is 0.0943 e. The summed E-state index contributed by atoms with van der Waals surface area (Å²) in [5.41, 5.74) is 3.43. The molecule has 0 aliphatic carbocycles. The molecule has 1 atom stereocenters. The zero-order valence-corrected chi connectivity index (χ0v) is 14.4. The van der Waals surface area contributed by atoms with Gasteiger partial charge in [0.25, 0.3) is 0 Å². The molecule has 0 saturated carbocycles. The molecule has 1 unspecified atom stereocenters. The number of benzene rings is 2. The molecule has 2 rings (SSSR count). The molecule has 2 aromatic carbocycles. The van der Waals surface area contributed by atoms with E-state index >= 15 is 0 Å². The lowest BCUT2D eigenvalue weighted by atomic mass is 9.87. The quantitative estimate of drug-likeness (QED) is 0.813. The first-order valence-electron chi connectivity index (χ1n) is 7.33. The molecule has 0 aliphatic heterocycles. The third-order valence-corrected chi connectivity index (χ3v) is 5.09. The summed E-state index contributed by atoms with van der Waals surface area (Å²) in [4.78, 5) is 0.542. The highest BCUT2D eigenvalue weighted by atomic mass is 32.2. The van der Waals surface area contributed by atoms with Crippen molar-refractivity contribution in [3.05, 3.63) is 70.6 Å². The first kappa shape index (κ1) is 16.5. The van der Waals surface area contributed by atoms with E-state index < -0.39 is 9.73 Å². The molecule has 0 aromatic heterocycles. The maximum absolute atomic E-state index is 12.5. The van der Waals surface area contributed by atoms with E-state index in [0.29, 0.717) is 4.90 Å². The van der Waals surface area contributed by atoms with Gasteiger partial charge in [-0.05, 0) is 41.7 Å². The third-order valence-electron chi connectivity index (χ3n) is 3.60. The van der Waals surface area contributed by atoms with Gasteiger partial charge in [-0.3, -0.25) is 0 Å². The molecular weight excluding hydrogens is 290 g/mol. The van der Waals surface area contributed by atoms with Crippen molar-refractivity contribution in [3.63, 3.8) is 0 Å². The Morgan fingerprint density at radius 2 is 1.50 bits per heavy atom. The van der Waals surface area contributed by atoms with Crippen LogP contribution < -0.4 is 0 Å². The topological polar surface area (TPSA) is 40.9 Å². The average Bonchev–Trinajstić information content (AvgIpc) is 2.45. The van der Waals surface area contributed by atoms with Crippen molar-refractivity contribution in [2.24, 2.45) is 0 Å². The molecule has 2 aromatic rings. The zero-order chi connectivity index (χ0) is 16.4. The van der Waals surface area contributed by atoms with Crippen molar-refractivity contribution in [1.29, 1.82) is 4.78 Å². The van der Waals surface area contributed by atoms with Gasteiger partial charge in [0.2, 0.25) is 0 Å². The second-order valence-corrected chi connectivity index (χ2v) is 8.53. The number of rotatable bonds is 3. The second-order valence-electron chi connectivity index (χ2n) is 6.59. The van der Waals surface area contributed by atoms with Gasteiger partial charge in [0.1, 0.15) is 0 Å². The van der Waals surface area contributed by atoms with E-state index in [0.717, 1.165) is 11.1 Å². The molecule has 0 aliphatic rings. The second kappa shape index (κ2) is 6.09. The normalized spacial score (nSPS) is 14.9. The predicted octanol–water partition coefficient (Wildman–Crippen LogP) is 5.37. The Hall–Kier alpha value is -1.87. The zero-order valence-electron chi connectivity index (χ0n) is 13.6. The van der Waals surface area contributed by atoms with Crippen molar-refractivity contribution < 1.29 is 4.21 Å². The van der Waals surface area contributed by atoms with Gasteiger partial charge in [0.15, 0.2) is 0 Å². The van der Waals surface area contributed by atoms with Gasteiger partial charge in [-0.1, -0.05) is 62.7 Å². The number of nitrogens with one attached hydrogen (secondary N) is 1. The monoisotopic (exact) mass is 313 g/mol. The largest absolute Gasteiger partial charge is 0.245 e. The summed E-state index contributed by atoms with van der Waals surface area (Å²) in [6, 6.07) is 15.5. The highest BCUT2D eigenvalue weighted by molar-refractivity contribution is 7.95. The number of hydrogen-bond donors (Lipinski definition) is 1. The van der Waals surface area contributed by atoms with Gasteiger partial charge in [0, 0.05) is 5.41 Å². The Labute approximate surface area is 133 Å². The van der Waals surface area contributed by atoms with Crippen LogP contribution in [0.4, 0.5) is 0 Å². The first-order chi connectivity index (χ1) is 10.2. The molecular formula is C19H23NOS. The summed E-state index contributed by atoms with van der Waals surface area (Å²) < 4.78 is 20.5. The first-order valence-corrected chi connectivity index (χ1v) is 8.95. The van der Waals surface area contributed by atoms with Crippen molar-refractivity contribution in [2.75, 3.05) is 0 Å². The van der Waals surface area contributed by atoms with Crippen LogP contribution in [-0.2, 0) is 15.1 Å². The molecule has 0 radical (unpaired) electrons. The van der Waals surface area contributed by atoms with Gasteiger partial charge in [-0.25, -0.2) is 8.99 Å². The average molecular weight is 313 g/mol. The molecule has 0 bridgehead atoms. The van der Waals surface area contributed by atoms with Crippen LogP contribution in [0.2, 0.25) is 0 Å². The van der Waals surface area contributed by atoms with Crippen LogP contribution in [0.25, 0.3) is 6.08 Å². The third kappa shape index (κ3) is 4.08. The Morgan fingerprint density at radius 3 is 2.00 bits per heavy atom. The fraction of sp³-hybridized carbons (Fsp3) is 0.263. The highest BCUT2D eigenvalue weighted by Crippen LogP contribution is 2.23. The Kier molecular flexibility index (Phi) is 4.57. The summed E-state index contributed by atoms with van der Waals surface area (Å²) in [5.74, 6) is 0. The molecule has 0 fully saturated rings. The van der Waals surface area contributed by atoms with Gasteiger partial charge >= 0.3 is 0 Å². The maximum atomic E-state index is 12.5. The minimum Gasteiger partial charge on any atom is -0.245 e. The van der Waals surface area contributed by atoms with Crippen LogP contribution in [0.3, 0.4) is 0 Å². The van der Waals surface area contributed by atoms with Crippen LogP contribution >= 0.6 is 0 Å². The fourth-order valence-electron chi connectivity index (χ4n) is 2.09. The van der Waals surface area contributed by atoms with E-state index in [4.69, 9.17) is 4.78 Å². The lowest BCUT2D eigenvalue weighted by Gasteiger charge is -2.18. The highest BCUT2D eigenvalue weighted by Gasteiger charge is 2.12. The van der Waals surface area contributed by atoms with E-state index in [1.807, 2.05) is 31.2 Å². The lowest BCUT2D eigenvalue weighted by molar-refractivity contribution is 0.590. The van der Waals surface area contributed by atoms with E-state index in [1.54, 1.807) is 18.2 Å². The lowest BCUT2D eigenvalue weighted by Crippen LogP contribution is -2.10. The summed E-state index contributed by atoms with van der Waals surface area (Å²) in [5, 5.41) is 1.49. The van der Waals surface area contributed by atoms with Crippen LogP contribution in [0.1, 0.15) is 37.5 Å². The van der Waals surface area contributed by atoms with Gasteiger partial charge in [0.05, 0.1) is 14.6 Å². The standard InChI is InChI=1S/C19H23NOS/c1-15-5-11-18(12-6-15)22(20,21)14-13-16-7-9-17(10-8-16)19(2,3)4/h5-14,20H,1-4H3/b14-13+. The van der Waals surface area contributed by atoms with Crippen molar-refractivity contribution in [3.8, 4) is 0 Å². The van der Waals surface area contributed by atoms with Crippen LogP contribution in [0.5, 0.6) is 0 Å². The molecule has 116 valence electrons. The summed E-state index contributed by atoms with van der Waals surface area (Å²) in [7, 11) is -2.89. The molecule has 22 heavy (non-hydrogen) atoms. The van der Waals surface area contributed by atoms with E-state index in [1.165, 1.54) is 11.0 Å². The smallest absolute Gasteiger partial charge is 0.0943 e. The van der Waals surface area contributed by atoms with Gasteiger partial charge in [-0.15, -0.1) is 0 Å². The minimum absolute atomic E-state index is 0.118. The van der Waals surface area contributed by atoms with Gasteiger partial charge < -0.3 is 0 Å².